The summed E-state index contributed by atoms with van der Waals surface area (Å²) in [5.74, 6) is 2.87. The van der Waals surface area contributed by atoms with E-state index in [1.807, 2.05) is 12.1 Å². The average molecular weight is 280 g/mol. The maximum Gasteiger partial charge on any atom is 0.213 e. The molecule has 1 aliphatic heterocycles. The van der Waals surface area contributed by atoms with Crippen molar-refractivity contribution in [2.45, 2.75) is 11.5 Å². The summed E-state index contributed by atoms with van der Waals surface area (Å²) in [5.41, 5.74) is 2.74. The lowest BCUT2D eigenvalue weighted by atomic mass is 10.2. The Morgan fingerprint density at radius 2 is 2.11 bits per heavy atom. The summed E-state index contributed by atoms with van der Waals surface area (Å²) in [6.07, 6.45) is 0. The summed E-state index contributed by atoms with van der Waals surface area (Å²) >= 11 is 7.97. The highest BCUT2D eigenvalue weighted by atomic mass is 35.5. The molecule has 4 nitrogen and oxygen atoms in total. The van der Waals surface area contributed by atoms with E-state index >= 15 is 0 Å². The molecule has 3 rings (SSSR count). The van der Waals surface area contributed by atoms with Gasteiger partial charge in [-0.25, -0.2) is 15.0 Å². The van der Waals surface area contributed by atoms with Crippen molar-refractivity contribution < 1.29 is 4.74 Å². The number of rotatable bonds is 2. The lowest BCUT2D eigenvalue weighted by Gasteiger charge is -2.05. The van der Waals surface area contributed by atoms with E-state index in [-0.39, 0.29) is 0 Å². The first-order valence-electron chi connectivity index (χ1n) is 5.42. The predicted octanol–water partition coefficient (Wildman–Crippen LogP) is 2.95. The zero-order chi connectivity index (χ0) is 12.5. The van der Waals surface area contributed by atoms with Gasteiger partial charge >= 0.3 is 0 Å². The zero-order valence-corrected chi connectivity index (χ0v) is 11.3. The molecule has 18 heavy (non-hydrogen) atoms. The van der Waals surface area contributed by atoms with Crippen LogP contribution in [0.5, 0.6) is 5.88 Å². The standard InChI is InChI=1S/C12H10ClN3OS/c1-17-10-4-2-3-8(14-10)12-15-9-6-18-5-7(9)11(13)16-12/h2-4H,5-6H2,1H3. The fourth-order valence-corrected chi connectivity index (χ4v) is 3.16. The van der Waals surface area contributed by atoms with Crippen molar-refractivity contribution >= 4 is 23.4 Å². The van der Waals surface area contributed by atoms with Crippen LogP contribution in [0.15, 0.2) is 18.2 Å². The van der Waals surface area contributed by atoms with E-state index in [4.69, 9.17) is 16.3 Å². The number of aromatic nitrogens is 3. The molecular weight excluding hydrogens is 270 g/mol. The summed E-state index contributed by atoms with van der Waals surface area (Å²) in [5, 5.41) is 0.532. The molecule has 0 bridgehead atoms. The smallest absolute Gasteiger partial charge is 0.213 e. The summed E-state index contributed by atoms with van der Waals surface area (Å²) in [6, 6.07) is 5.50. The van der Waals surface area contributed by atoms with Gasteiger partial charge in [-0.05, 0) is 6.07 Å². The number of methoxy groups -OCH3 is 1. The first-order chi connectivity index (χ1) is 8.78. The molecule has 6 heteroatoms. The molecule has 0 N–H and O–H groups in total. The van der Waals surface area contributed by atoms with Crippen LogP contribution in [0.2, 0.25) is 5.15 Å². The minimum atomic E-state index is 0.532. The molecule has 0 saturated heterocycles. The molecule has 0 spiro atoms. The molecule has 2 aromatic rings. The maximum atomic E-state index is 6.17. The number of halogens is 1. The molecule has 0 radical (unpaired) electrons. The van der Waals surface area contributed by atoms with Crippen LogP contribution in [0, 0.1) is 0 Å². The van der Waals surface area contributed by atoms with Crippen LogP contribution in [0.3, 0.4) is 0 Å². The van der Waals surface area contributed by atoms with Gasteiger partial charge in [0.2, 0.25) is 5.88 Å². The molecule has 0 amide bonds. The number of fused-ring (bicyclic) bond motifs is 1. The number of nitrogens with zero attached hydrogens (tertiary/aromatic N) is 3. The molecule has 0 fully saturated rings. The number of pyridine rings is 1. The Morgan fingerprint density at radius 1 is 1.22 bits per heavy atom. The van der Waals surface area contributed by atoms with Gasteiger partial charge in [0.1, 0.15) is 10.8 Å². The predicted molar refractivity (Wildman–Crippen MR) is 71.8 cm³/mol. The first-order valence-corrected chi connectivity index (χ1v) is 6.95. The van der Waals surface area contributed by atoms with E-state index in [1.165, 1.54) is 0 Å². The van der Waals surface area contributed by atoms with Crippen LogP contribution in [0.25, 0.3) is 11.5 Å². The molecule has 2 aromatic heterocycles. The van der Waals surface area contributed by atoms with Crippen LogP contribution >= 0.6 is 23.4 Å². The van der Waals surface area contributed by atoms with Crippen molar-refractivity contribution in [3.8, 4) is 17.4 Å². The summed E-state index contributed by atoms with van der Waals surface area (Å²) in [6.45, 7) is 0. The average Bonchev–Trinajstić information content (AvgIpc) is 2.87. The fourth-order valence-electron chi connectivity index (χ4n) is 1.78. The second-order valence-corrected chi connectivity index (χ2v) is 5.16. The molecule has 1 aliphatic rings. The Bertz CT molecular complexity index is 606. The Balaban J connectivity index is 2.09. The van der Waals surface area contributed by atoms with E-state index in [2.05, 4.69) is 15.0 Å². The highest BCUT2D eigenvalue weighted by Crippen LogP contribution is 2.33. The molecule has 0 aromatic carbocycles. The van der Waals surface area contributed by atoms with Crippen molar-refractivity contribution in [1.82, 2.24) is 15.0 Å². The molecule has 0 saturated carbocycles. The second kappa shape index (κ2) is 4.74. The van der Waals surface area contributed by atoms with Crippen LogP contribution < -0.4 is 4.74 Å². The minimum absolute atomic E-state index is 0.532. The lowest BCUT2D eigenvalue weighted by Crippen LogP contribution is -1.99. The van der Waals surface area contributed by atoms with Gasteiger partial charge in [-0.3, -0.25) is 0 Å². The zero-order valence-electron chi connectivity index (χ0n) is 9.68. The van der Waals surface area contributed by atoms with E-state index in [9.17, 15) is 0 Å². The molecule has 0 atom stereocenters. The topological polar surface area (TPSA) is 47.9 Å². The Hall–Kier alpha value is -1.33. The van der Waals surface area contributed by atoms with E-state index in [0.717, 1.165) is 22.8 Å². The van der Waals surface area contributed by atoms with Crippen molar-refractivity contribution in [3.63, 3.8) is 0 Å². The second-order valence-electron chi connectivity index (χ2n) is 3.82. The van der Waals surface area contributed by atoms with Gasteiger partial charge < -0.3 is 4.74 Å². The Morgan fingerprint density at radius 3 is 2.94 bits per heavy atom. The van der Waals surface area contributed by atoms with Gasteiger partial charge in [-0.1, -0.05) is 17.7 Å². The highest BCUT2D eigenvalue weighted by Gasteiger charge is 2.19. The van der Waals surface area contributed by atoms with Crippen molar-refractivity contribution in [1.29, 1.82) is 0 Å². The molecule has 3 heterocycles. The SMILES string of the molecule is COc1cccc(-c2nc(Cl)c3c(n2)CSC3)n1. The number of thioether (sulfide) groups is 1. The van der Waals surface area contributed by atoms with Crippen molar-refractivity contribution in [2.24, 2.45) is 0 Å². The third kappa shape index (κ3) is 2.04. The lowest BCUT2D eigenvalue weighted by molar-refractivity contribution is 0.398. The van der Waals surface area contributed by atoms with Crippen LogP contribution in [0.1, 0.15) is 11.3 Å². The number of ether oxygens (including phenoxy) is 1. The van der Waals surface area contributed by atoms with Gasteiger partial charge in [0.25, 0.3) is 0 Å². The van der Waals surface area contributed by atoms with E-state index < -0.39 is 0 Å². The summed E-state index contributed by atoms with van der Waals surface area (Å²) in [7, 11) is 1.58. The third-order valence-electron chi connectivity index (χ3n) is 2.69. The van der Waals surface area contributed by atoms with Crippen LogP contribution in [0.4, 0.5) is 0 Å². The fraction of sp³-hybridized carbons (Fsp3) is 0.250. The summed E-state index contributed by atoms with van der Waals surface area (Å²) < 4.78 is 5.10. The van der Waals surface area contributed by atoms with Gasteiger partial charge in [-0.2, -0.15) is 11.8 Å². The first kappa shape index (κ1) is 11.7. The largest absolute Gasteiger partial charge is 0.481 e. The Labute approximate surface area is 114 Å². The van der Waals surface area contributed by atoms with Gasteiger partial charge in [-0.15, -0.1) is 0 Å². The molecular formula is C12H10ClN3OS. The number of hydrogen-bond acceptors (Lipinski definition) is 5. The molecule has 0 unspecified atom stereocenters. The van der Waals surface area contributed by atoms with Gasteiger partial charge in [0.05, 0.1) is 12.8 Å². The van der Waals surface area contributed by atoms with Crippen LogP contribution in [-0.2, 0) is 11.5 Å². The van der Waals surface area contributed by atoms with Crippen LogP contribution in [-0.4, -0.2) is 22.1 Å². The van der Waals surface area contributed by atoms with Gasteiger partial charge in [0, 0.05) is 23.1 Å². The number of hydrogen-bond donors (Lipinski definition) is 0. The van der Waals surface area contributed by atoms with E-state index in [0.29, 0.717) is 22.6 Å². The highest BCUT2D eigenvalue weighted by molar-refractivity contribution is 7.98. The van der Waals surface area contributed by atoms with Crippen molar-refractivity contribution in [3.05, 3.63) is 34.6 Å². The monoisotopic (exact) mass is 279 g/mol. The van der Waals surface area contributed by atoms with Gasteiger partial charge in [0.15, 0.2) is 5.82 Å². The normalized spacial score (nSPS) is 13.4. The molecule has 0 aliphatic carbocycles. The molecule has 92 valence electrons. The quantitative estimate of drug-likeness (QED) is 0.791. The minimum Gasteiger partial charge on any atom is -0.481 e. The third-order valence-corrected chi connectivity index (χ3v) is 3.97. The summed E-state index contributed by atoms with van der Waals surface area (Å²) in [4.78, 5) is 13.2. The Kier molecular flexibility index (Phi) is 3.09. The van der Waals surface area contributed by atoms with E-state index in [1.54, 1.807) is 24.9 Å². The van der Waals surface area contributed by atoms with Crippen molar-refractivity contribution in [2.75, 3.05) is 7.11 Å². The maximum absolute atomic E-state index is 6.17.